The molecule has 1 aliphatic rings. The Morgan fingerprint density at radius 2 is 2.13 bits per heavy atom. The summed E-state index contributed by atoms with van der Waals surface area (Å²) in [5.41, 5.74) is 0.706. The summed E-state index contributed by atoms with van der Waals surface area (Å²) < 4.78 is 26.4. The highest BCUT2D eigenvalue weighted by molar-refractivity contribution is 5.85. The van der Waals surface area contributed by atoms with E-state index >= 15 is 0 Å². The zero-order valence-electron chi connectivity index (χ0n) is 8.25. The van der Waals surface area contributed by atoms with Crippen LogP contribution >= 0.6 is 12.4 Å². The monoisotopic (exact) mass is 233 g/mol. The normalized spacial score (nSPS) is 25.7. The van der Waals surface area contributed by atoms with Crippen LogP contribution in [-0.4, -0.2) is 12.7 Å². The zero-order chi connectivity index (χ0) is 9.97. The zero-order valence-corrected chi connectivity index (χ0v) is 9.07. The third-order valence-corrected chi connectivity index (χ3v) is 2.59. The van der Waals surface area contributed by atoms with Crippen molar-refractivity contribution in [3.05, 3.63) is 35.6 Å². The van der Waals surface area contributed by atoms with E-state index in [9.17, 15) is 8.78 Å². The third kappa shape index (κ3) is 2.89. The Balaban J connectivity index is 0.00000112. The van der Waals surface area contributed by atoms with E-state index in [1.54, 1.807) is 12.1 Å². The molecule has 1 aliphatic heterocycles. The molecular weight excluding hydrogens is 220 g/mol. The number of halogens is 3. The number of hydrogen-bond acceptors (Lipinski definition) is 1. The lowest BCUT2D eigenvalue weighted by Gasteiger charge is -2.27. The number of piperidine rings is 1. The molecule has 1 fully saturated rings. The Morgan fingerprint density at radius 1 is 1.33 bits per heavy atom. The molecule has 0 bridgehead atoms. The number of alkyl halides is 1. The molecule has 2 rings (SSSR count). The van der Waals surface area contributed by atoms with E-state index in [4.69, 9.17) is 0 Å². The second kappa shape index (κ2) is 5.42. The molecule has 1 nitrogen and oxygen atoms in total. The summed E-state index contributed by atoms with van der Waals surface area (Å²) >= 11 is 0. The molecule has 0 amide bonds. The Bertz CT molecular complexity index is 319. The van der Waals surface area contributed by atoms with E-state index < -0.39 is 6.17 Å². The molecule has 84 valence electrons. The summed E-state index contributed by atoms with van der Waals surface area (Å²) in [5, 5.41) is 3.07. The lowest BCUT2D eigenvalue weighted by atomic mass is 9.96. The van der Waals surface area contributed by atoms with E-state index in [0.717, 1.165) is 13.0 Å². The van der Waals surface area contributed by atoms with Crippen molar-refractivity contribution >= 4 is 12.4 Å². The minimum absolute atomic E-state index is 0. The molecule has 0 aliphatic carbocycles. The smallest absolute Gasteiger partial charge is 0.123 e. The Hall–Kier alpha value is -0.670. The van der Waals surface area contributed by atoms with E-state index in [1.165, 1.54) is 12.1 Å². The van der Waals surface area contributed by atoms with Crippen LogP contribution in [0.15, 0.2) is 24.3 Å². The fourth-order valence-electron chi connectivity index (χ4n) is 1.88. The molecule has 1 saturated heterocycles. The fraction of sp³-hybridized carbons (Fsp3) is 0.455. The van der Waals surface area contributed by atoms with Crippen molar-refractivity contribution in [1.29, 1.82) is 0 Å². The largest absolute Gasteiger partial charge is 0.308 e. The van der Waals surface area contributed by atoms with Crippen LogP contribution in [0.4, 0.5) is 8.78 Å². The molecule has 2 unspecified atom stereocenters. The van der Waals surface area contributed by atoms with Gasteiger partial charge in [0.05, 0.1) is 6.04 Å². The number of benzene rings is 1. The molecule has 15 heavy (non-hydrogen) atoms. The third-order valence-electron chi connectivity index (χ3n) is 2.59. The van der Waals surface area contributed by atoms with E-state index in [1.807, 2.05) is 0 Å². The van der Waals surface area contributed by atoms with Gasteiger partial charge in [-0.3, -0.25) is 0 Å². The quantitative estimate of drug-likeness (QED) is 0.786. The van der Waals surface area contributed by atoms with Crippen LogP contribution < -0.4 is 5.32 Å². The first-order chi connectivity index (χ1) is 6.77. The van der Waals surface area contributed by atoms with Crippen LogP contribution in [0.2, 0.25) is 0 Å². The van der Waals surface area contributed by atoms with Crippen molar-refractivity contribution in [3.63, 3.8) is 0 Å². The summed E-state index contributed by atoms with van der Waals surface area (Å²) in [6.07, 6.45) is 0.520. The van der Waals surface area contributed by atoms with Crippen molar-refractivity contribution in [2.45, 2.75) is 25.1 Å². The van der Waals surface area contributed by atoms with E-state index in [-0.39, 0.29) is 24.3 Å². The average molecular weight is 234 g/mol. The number of nitrogens with one attached hydrogen (secondary N) is 1. The first kappa shape index (κ1) is 12.4. The van der Waals surface area contributed by atoms with Crippen LogP contribution in [0.3, 0.4) is 0 Å². The molecule has 0 spiro atoms. The topological polar surface area (TPSA) is 12.0 Å². The highest BCUT2D eigenvalue weighted by Gasteiger charge is 2.25. The Kier molecular flexibility index (Phi) is 4.48. The molecule has 1 N–H and O–H groups in total. The minimum atomic E-state index is -0.898. The lowest BCUT2D eigenvalue weighted by molar-refractivity contribution is 0.201. The predicted octanol–water partition coefficient (Wildman–Crippen LogP) is 3.01. The van der Waals surface area contributed by atoms with Gasteiger partial charge in [-0.05, 0) is 37.1 Å². The first-order valence-corrected chi connectivity index (χ1v) is 4.90. The second-order valence-corrected chi connectivity index (χ2v) is 3.65. The van der Waals surface area contributed by atoms with Gasteiger partial charge < -0.3 is 5.32 Å². The first-order valence-electron chi connectivity index (χ1n) is 4.90. The van der Waals surface area contributed by atoms with Crippen LogP contribution in [0.1, 0.15) is 24.4 Å². The summed E-state index contributed by atoms with van der Waals surface area (Å²) in [6.45, 7) is 0.807. The SMILES string of the molecule is Cl.Fc1cccc(C2NCCCC2F)c1. The van der Waals surface area contributed by atoms with Crippen LogP contribution in [0.25, 0.3) is 0 Å². The highest BCUT2D eigenvalue weighted by Crippen LogP contribution is 2.26. The summed E-state index contributed by atoms with van der Waals surface area (Å²) in [6, 6.07) is 5.82. The summed E-state index contributed by atoms with van der Waals surface area (Å²) in [7, 11) is 0. The van der Waals surface area contributed by atoms with Gasteiger partial charge in [-0.25, -0.2) is 8.78 Å². The van der Waals surface area contributed by atoms with E-state index in [0.29, 0.717) is 12.0 Å². The summed E-state index contributed by atoms with van der Waals surface area (Å²) in [5.74, 6) is -0.304. The summed E-state index contributed by atoms with van der Waals surface area (Å²) in [4.78, 5) is 0. The van der Waals surface area contributed by atoms with Gasteiger partial charge in [-0.1, -0.05) is 12.1 Å². The van der Waals surface area contributed by atoms with Crippen molar-refractivity contribution in [2.24, 2.45) is 0 Å². The molecule has 1 aromatic rings. The second-order valence-electron chi connectivity index (χ2n) is 3.65. The van der Waals surface area contributed by atoms with Gasteiger partial charge in [0.1, 0.15) is 12.0 Å². The van der Waals surface area contributed by atoms with Crippen LogP contribution in [0.5, 0.6) is 0 Å². The molecule has 1 aromatic carbocycles. The number of rotatable bonds is 1. The lowest BCUT2D eigenvalue weighted by Crippen LogP contribution is -2.35. The number of hydrogen-bond donors (Lipinski definition) is 1. The molecule has 2 atom stereocenters. The van der Waals surface area contributed by atoms with Gasteiger partial charge in [0, 0.05) is 0 Å². The van der Waals surface area contributed by atoms with Gasteiger partial charge in [0.2, 0.25) is 0 Å². The van der Waals surface area contributed by atoms with Gasteiger partial charge in [-0.2, -0.15) is 0 Å². The van der Waals surface area contributed by atoms with Gasteiger partial charge in [0.25, 0.3) is 0 Å². The molecule has 0 saturated carbocycles. The van der Waals surface area contributed by atoms with Gasteiger partial charge in [-0.15, -0.1) is 12.4 Å². The van der Waals surface area contributed by atoms with E-state index in [2.05, 4.69) is 5.32 Å². The van der Waals surface area contributed by atoms with Crippen molar-refractivity contribution in [3.8, 4) is 0 Å². The van der Waals surface area contributed by atoms with Gasteiger partial charge >= 0.3 is 0 Å². The minimum Gasteiger partial charge on any atom is -0.308 e. The maximum Gasteiger partial charge on any atom is 0.123 e. The Morgan fingerprint density at radius 3 is 2.80 bits per heavy atom. The maximum atomic E-state index is 13.5. The molecular formula is C11H14ClF2N. The highest BCUT2D eigenvalue weighted by atomic mass is 35.5. The average Bonchev–Trinajstić information content (AvgIpc) is 2.18. The maximum absolute atomic E-state index is 13.5. The van der Waals surface area contributed by atoms with Crippen molar-refractivity contribution in [1.82, 2.24) is 5.32 Å². The fourth-order valence-corrected chi connectivity index (χ4v) is 1.88. The standard InChI is InChI=1S/C11H13F2N.ClH/c12-9-4-1-3-8(7-9)11-10(13)5-2-6-14-11;/h1,3-4,7,10-11,14H,2,5-6H2;1H. The van der Waals surface area contributed by atoms with Crippen LogP contribution in [0, 0.1) is 5.82 Å². The Labute approximate surface area is 94.3 Å². The molecule has 0 aromatic heterocycles. The van der Waals surface area contributed by atoms with Crippen molar-refractivity contribution < 1.29 is 8.78 Å². The van der Waals surface area contributed by atoms with Gasteiger partial charge in [0.15, 0.2) is 0 Å². The van der Waals surface area contributed by atoms with Crippen molar-refractivity contribution in [2.75, 3.05) is 6.54 Å². The molecule has 4 heteroatoms. The molecule has 1 heterocycles. The van der Waals surface area contributed by atoms with Crippen LogP contribution in [-0.2, 0) is 0 Å². The predicted molar refractivity (Wildman–Crippen MR) is 58.5 cm³/mol. The molecule has 0 radical (unpaired) electrons.